The zero-order chi connectivity index (χ0) is 24.5. The molecule has 182 valence electrons. The fraction of sp³-hybridized carbons (Fsp3) is 0.417. The zero-order valence-corrected chi connectivity index (χ0v) is 21.3. The Hall–Kier alpha value is -1.81. The van der Waals surface area contributed by atoms with Gasteiger partial charge < -0.3 is 20.7 Å². The number of hydrogen-bond donors (Lipinski definition) is 3. The van der Waals surface area contributed by atoms with Crippen LogP contribution in [0.4, 0.5) is 8.78 Å². The number of halogens is 3. The first-order valence-electron chi connectivity index (χ1n) is 10.9. The minimum atomic E-state index is -1.26. The molecule has 3 aliphatic heterocycles. The topological polar surface area (TPSA) is 71.7 Å². The van der Waals surface area contributed by atoms with Crippen LogP contribution in [-0.2, 0) is 0 Å². The maximum absolute atomic E-state index is 13.9. The molecule has 4 rings (SSSR count). The standard InChI is InChI=1S/C24H27ClF2N4OS2/c1-14(26)29-8-7-18(28)21-19-11-24(32,13-33-2)12-31(19)23(20-4-3-9-34-20)30-22(21)16-6-5-15(27)10-17(16)25/h3,5-10,14,20,22,28-29,32H,4,11-13H2,1-2H3/b8-7-,28-18?/t14?,20?,22-,24-/m0/s1. The predicted molar refractivity (Wildman–Crippen MR) is 139 cm³/mol. The van der Waals surface area contributed by atoms with Gasteiger partial charge in [-0.05, 0) is 43.2 Å². The van der Waals surface area contributed by atoms with E-state index in [9.17, 15) is 13.9 Å². The van der Waals surface area contributed by atoms with Crippen molar-refractivity contribution in [1.82, 2.24) is 10.2 Å². The molecule has 3 N–H and O–H groups in total. The van der Waals surface area contributed by atoms with Gasteiger partial charge in [0.15, 0.2) is 6.30 Å². The van der Waals surface area contributed by atoms with Crippen LogP contribution in [0.1, 0.15) is 31.4 Å². The number of rotatable bonds is 8. The number of thioether (sulfide) groups is 2. The minimum Gasteiger partial charge on any atom is -0.387 e. The summed E-state index contributed by atoms with van der Waals surface area (Å²) >= 11 is 9.70. The van der Waals surface area contributed by atoms with Crippen molar-refractivity contribution >= 4 is 46.7 Å². The van der Waals surface area contributed by atoms with Gasteiger partial charge in [-0.3, -0.25) is 4.99 Å². The third kappa shape index (κ3) is 5.22. The summed E-state index contributed by atoms with van der Waals surface area (Å²) in [6.07, 6.45) is 6.82. The van der Waals surface area contributed by atoms with E-state index in [1.165, 1.54) is 31.3 Å². The number of aliphatic hydroxyl groups is 1. The Balaban J connectivity index is 1.85. The maximum Gasteiger partial charge on any atom is 0.166 e. The molecule has 34 heavy (non-hydrogen) atoms. The molecule has 2 unspecified atom stereocenters. The minimum absolute atomic E-state index is 0.0775. The van der Waals surface area contributed by atoms with Crippen LogP contribution < -0.4 is 5.32 Å². The lowest BCUT2D eigenvalue weighted by molar-refractivity contribution is 0.0809. The van der Waals surface area contributed by atoms with E-state index in [1.54, 1.807) is 29.6 Å². The fourth-order valence-corrected chi connectivity index (χ4v) is 6.46. The number of nitrogens with zero attached hydrogens (tertiary/aromatic N) is 2. The van der Waals surface area contributed by atoms with E-state index in [-0.39, 0.29) is 16.0 Å². The highest BCUT2D eigenvalue weighted by Crippen LogP contribution is 2.46. The lowest BCUT2D eigenvalue weighted by Crippen LogP contribution is -2.42. The number of allylic oxidation sites excluding steroid dienone is 2. The summed E-state index contributed by atoms with van der Waals surface area (Å²) in [5.41, 5.74) is 1.13. The number of benzene rings is 1. The highest BCUT2D eigenvalue weighted by atomic mass is 35.5. The highest BCUT2D eigenvalue weighted by Gasteiger charge is 2.47. The number of alkyl halides is 1. The quantitative estimate of drug-likeness (QED) is 0.312. The molecular weight excluding hydrogens is 498 g/mol. The van der Waals surface area contributed by atoms with E-state index >= 15 is 0 Å². The van der Waals surface area contributed by atoms with E-state index in [0.717, 1.165) is 18.0 Å². The van der Waals surface area contributed by atoms with Crippen LogP contribution in [0.25, 0.3) is 0 Å². The lowest BCUT2D eigenvalue weighted by atomic mass is 9.90. The molecule has 0 spiro atoms. The van der Waals surface area contributed by atoms with Crippen molar-refractivity contribution in [3.05, 3.63) is 69.6 Å². The molecule has 3 heterocycles. The van der Waals surface area contributed by atoms with E-state index < -0.39 is 23.8 Å². The van der Waals surface area contributed by atoms with E-state index in [1.807, 2.05) is 16.6 Å². The summed E-state index contributed by atoms with van der Waals surface area (Å²) in [4.78, 5) is 7.11. The first-order valence-corrected chi connectivity index (χ1v) is 13.6. The summed E-state index contributed by atoms with van der Waals surface area (Å²) in [7, 11) is 0. The molecule has 1 aromatic carbocycles. The zero-order valence-electron chi connectivity index (χ0n) is 18.9. The Labute approximate surface area is 211 Å². The molecule has 4 atom stereocenters. The van der Waals surface area contributed by atoms with Crippen LogP contribution in [0.15, 0.2) is 58.2 Å². The third-order valence-corrected chi connectivity index (χ3v) is 8.15. The van der Waals surface area contributed by atoms with Crippen LogP contribution >= 0.6 is 35.1 Å². The molecule has 0 saturated carbocycles. The van der Waals surface area contributed by atoms with Gasteiger partial charge >= 0.3 is 0 Å². The second kappa shape index (κ2) is 10.4. The van der Waals surface area contributed by atoms with Crippen molar-refractivity contribution in [1.29, 1.82) is 5.41 Å². The molecule has 0 aliphatic carbocycles. The Kier molecular flexibility index (Phi) is 7.76. The van der Waals surface area contributed by atoms with E-state index in [4.69, 9.17) is 22.0 Å². The van der Waals surface area contributed by atoms with Gasteiger partial charge in [-0.2, -0.15) is 11.8 Å². The van der Waals surface area contributed by atoms with Crippen molar-refractivity contribution in [2.24, 2.45) is 4.99 Å². The van der Waals surface area contributed by atoms with Crippen LogP contribution in [0.2, 0.25) is 5.02 Å². The Morgan fingerprint density at radius 1 is 1.53 bits per heavy atom. The molecule has 5 nitrogen and oxygen atoms in total. The predicted octanol–water partition coefficient (Wildman–Crippen LogP) is 5.44. The molecule has 0 radical (unpaired) electrons. The number of nitrogens with one attached hydrogen (secondary N) is 2. The molecule has 1 aromatic rings. The summed E-state index contributed by atoms with van der Waals surface area (Å²) in [6.45, 7) is 1.74. The van der Waals surface area contributed by atoms with E-state index in [0.29, 0.717) is 29.9 Å². The van der Waals surface area contributed by atoms with Crippen molar-refractivity contribution in [3.8, 4) is 0 Å². The first-order chi connectivity index (χ1) is 16.2. The Morgan fingerprint density at radius 3 is 2.97 bits per heavy atom. The van der Waals surface area contributed by atoms with Crippen molar-refractivity contribution in [3.63, 3.8) is 0 Å². The molecule has 1 saturated heterocycles. The lowest BCUT2D eigenvalue weighted by Gasteiger charge is -2.35. The summed E-state index contributed by atoms with van der Waals surface area (Å²) in [6, 6.07) is 3.53. The highest BCUT2D eigenvalue weighted by molar-refractivity contribution is 8.03. The second-order valence-corrected chi connectivity index (χ2v) is 11.0. The smallest absolute Gasteiger partial charge is 0.166 e. The Bertz CT molecular complexity index is 1080. The molecule has 0 bridgehead atoms. The summed E-state index contributed by atoms with van der Waals surface area (Å²) < 4.78 is 27.1. The van der Waals surface area contributed by atoms with Gasteiger partial charge in [0.2, 0.25) is 0 Å². The normalized spacial score (nSPS) is 27.4. The summed E-state index contributed by atoms with van der Waals surface area (Å²) in [5, 5.41) is 25.1. The van der Waals surface area contributed by atoms with Crippen LogP contribution in [-0.4, -0.2) is 57.3 Å². The van der Waals surface area contributed by atoms with E-state index in [2.05, 4.69) is 11.4 Å². The average molecular weight is 525 g/mol. The maximum atomic E-state index is 13.9. The van der Waals surface area contributed by atoms with Gasteiger partial charge in [-0.15, -0.1) is 11.8 Å². The number of aliphatic imine (C=N–C) groups is 1. The van der Waals surface area contributed by atoms with Crippen LogP contribution in [0.3, 0.4) is 0 Å². The molecule has 0 aromatic heterocycles. The van der Waals surface area contributed by atoms with Crippen LogP contribution in [0.5, 0.6) is 0 Å². The molecule has 0 amide bonds. The molecule has 3 aliphatic rings. The number of hydrogen-bond acceptors (Lipinski definition) is 7. The SMILES string of the molecule is CSC[C@]1(O)CC2=C(C(=N)/C=C\NC(C)F)[C@H](c3ccc(F)cc3Cl)N=C(C3CC=CS3)N2C1. The van der Waals surface area contributed by atoms with Crippen LogP contribution in [0, 0.1) is 11.2 Å². The van der Waals surface area contributed by atoms with Gasteiger partial charge in [0.05, 0.1) is 23.1 Å². The number of amidine groups is 1. The first kappa shape index (κ1) is 25.3. The summed E-state index contributed by atoms with van der Waals surface area (Å²) in [5.74, 6) is 0.908. The van der Waals surface area contributed by atoms with Gasteiger partial charge in [-0.1, -0.05) is 23.7 Å². The van der Waals surface area contributed by atoms with Gasteiger partial charge in [0, 0.05) is 40.2 Å². The Morgan fingerprint density at radius 2 is 2.32 bits per heavy atom. The van der Waals surface area contributed by atoms with Crippen molar-refractivity contribution in [2.75, 3.05) is 18.6 Å². The molecular formula is C24H27ClF2N4OS2. The molecule has 1 fully saturated rings. The van der Waals surface area contributed by atoms with Gasteiger partial charge in [0.1, 0.15) is 17.7 Å². The van der Waals surface area contributed by atoms with Crippen molar-refractivity contribution in [2.45, 2.75) is 43.0 Å². The average Bonchev–Trinajstić information content (AvgIpc) is 3.40. The molecule has 10 heteroatoms. The van der Waals surface area contributed by atoms with Crippen molar-refractivity contribution < 1.29 is 13.9 Å². The van der Waals surface area contributed by atoms with Gasteiger partial charge in [0.25, 0.3) is 0 Å². The third-order valence-electron chi connectivity index (χ3n) is 5.91. The second-order valence-electron chi connectivity index (χ2n) is 8.60. The number of fused-ring (bicyclic) bond motifs is 1. The monoisotopic (exact) mass is 524 g/mol. The van der Waals surface area contributed by atoms with Gasteiger partial charge in [-0.25, -0.2) is 8.78 Å². The largest absolute Gasteiger partial charge is 0.387 e. The fourth-order valence-electron chi connectivity index (χ4n) is 4.52.